The smallest absolute Gasteiger partial charge is 0.408 e. The highest BCUT2D eigenvalue weighted by atomic mass is 19.4. The fraction of sp³-hybridized carbons (Fsp3) is 0.333. The molecule has 9 nitrogen and oxygen atoms in total. The van der Waals surface area contributed by atoms with E-state index in [4.69, 9.17) is 4.74 Å². The van der Waals surface area contributed by atoms with Crippen molar-refractivity contribution >= 4 is 23.4 Å². The van der Waals surface area contributed by atoms with Crippen molar-refractivity contribution in [3.8, 4) is 11.6 Å². The number of aryl methyl sites for hydroxylation is 2. The average molecular weight is 693 g/mol. The van der Waals surface area contributed by atoms with Gasteiger partial charge < -0.3 is 15.0 Å². The number of amides is 3. The predicted octanol–water partition coefficient (Wildman–Crippen LogP) is 7.73. The first-order valence-electron chi connectivity index (χ1n) is 15.0. The topological polar surface area (TPSA) is 101 Å². The Bertz CT molecular complexity index is 1820. The Hall–Kier alpha value is -5.15. The van der Waals surface area contributed by atoms with Crippen molar-refractivity contribution < 1.29 is 45.1 Å². The van der Waals surface area contributed by atoms with Crippen LogP contribution in [0.25, 0.3) is 5.69 Å². The number of piperidine rings is 1. The van der Waals surface area contributed by atoms with Gasteiger partial charge in [0.25, 0.3) is 5.91 Å². The number of likely N-dealkylation sites (tertiary alicyclic amines) is 1. The second-order valence-electron chi connectivity index (χ2n) is 11.8. The molecule has 3 amide bonds. The summed E-state index contributed by atoms with van der Waals surface area (Å²) in [5.74, 6) is -1.20. The van der Waals surface area contributed by atoms with Crippen LogP contribution in [0.2, 0.25) is 0 Å². The van der Waals surface area contributed by atoms with Gasteiger partial charge in [0.05, 0.1) is 28.8 Å². The van der Waals surface area contributed by atoms with E-state index >= 15 is 0 Å². The number of carbonyl (C=O) groups is 2. The summed E-state index contributed by atoms with van der Waals surface area (Å²) in [5.41, 5.74) is -4.14. The van der Waals surface area contributed by atoms with Crippen molar-refractivity contribution in [1.29, 1.82) is 0 Å². The number of nitrogens with zero attached hydrogens (tertiary/aromatic N) is 4. The van der Waals surface area contributed by atoms with Crippen LogP contribution in [0.4, 0.5) is 47.0 Å². The summed E-state index contributed by atoms with van der Waals surface area (Å²) in [6, 6.07) is 12.9. The summed E-state index contributed by atoms with van der Waals surface area (Å²) < 4.78 is 104. The molecule has 5 rings (SSSR count). The minimum absolute atomic E-state index is 0.00681. The van der Waals surface area contributed by atoms with Gasteiger partial charge in [-0.3, -0.25) is 10.1 Å². The predicted molar refractivity (Wildman–Crippen MR) is 165 cm³/mol. The van der Waals surface area contributed by atoms with Crippen molar-refractivity contribution in [3.05, 3.63) is 95.1 Å². The SMILES string of the molecule is Cc1ccc(-n2nc(C(C)(C(F)(F)F)C(F)(F)F)cc2NC(=O)Nc2cnc(OC3CCN(C(=O)c4ccccc4F)CC3)c(C)c2)cc1. The molecule has 1 aliphatic rings. The fourth-order valence-electron chi connectivity index (χ4n) is 5.22. The van der Waals surface area contributed by atoms with E-state index in [1.165, 1.54) is 42.6 Å². The number of carbonyl (C=O) groups excluding carboxylic acids is 2. The molecule has 3 heterocycles. The van der Waals surface area contributed by atoms with Crippen LogP contribution in [0.15, 0.2) is 66.9 Å². The van der Waals surface area contributed by atoms with E-state index in [2.05, 4.69) is 20.7 Å². The van der Waals surface area contributed by atoms with Gasteiger partial charge in [-0.05, 0) is 51.1 Å². The molecular weight excluding hydrogens is 661 g/mol. The average Bonchev–Trinajstić information content (AvgIpc) is 3.45. The van der Waals surface area contributed by atoms with Gasteiger partial charge in [-0.15, -0.1) is 0 Å². The standard InChI is InChI=1S/C33H31F7N6O3/c1-19-8-10-22(11-9-19)46-27(17-26(44-46)31(3,32(35,36)37)33(38,39)40)43-30(48)42-21-16-20(2)28(41-18-21)49-23-12-14-45(15-13-23)29(47)24-6-4-5-7-25(24)34/h4-11,16-18,23H,12-15H2,1-3H3,(H2,42,43,48). The molecule has 1 saturated heterocycles. The molecule has 1 aliphatic heterocycles. The lowest BCUT2D eigenvalue weighted by atomic mass is 9.85. The van der Waals surface area contributed by atoms with Crippen molar-refractivity contribution in [3.63, 3.8) is 0 Å². The van der Waals surface area contributed by atoms with Crippen LogP contribution in [-0.2, 0) is 5.41 Å². The van der Waals surface area contributed by atoms with Gasteiger partial charge in [-0.1, -0.05) is 29.8 Å². The van der Waals surface area contributed by atoms with Crippen LogP contribution < -0.4 is 15.4 Å². The third-order valence-corrected chi connectivity index (χ3v) is 8.28. The van der Waals surface area contributed by atoms with Gasteiger partial charge in [-0.2, -0.15) is 31.4 Å². The molecule has 0 saturated carbocycles. The van der Waals surface area contributed by atoms with Gasteiger partial charge in [0.15, 0.2) is 0 Å². The minimum Gasteiger partial charge on any atom is -0.474 e. The number of nitrogens with one attached hydrogen (secondary N) is 2. The third-order valence-electron chi connectivity index (χ3n) is 8.28. The van der Waals surface area contributed by atoms with Crippen molar-refractivity contribution in [1.82, 2.24) is 19.7 Å². The van der Waals surface area contributed by atoms with E-state index in [0.717, 1.165) is 10.2 Å². The largest absolute Gasteiger partial charge is 0.474 e. The lowest BCUT2D eigenvalue weighted by molar-refractivity contribution is -0.298. The van der Waals surface area contributed by atoms with Crippen LogP contribution in [0, 0.1) is 19.7 Å². The van der Waals surface area contributed by atoms with Gasteiger partial charge in [0.2, 0.25) is 11.3 Å². The summed E-state index contributed by atoms with van der Waals surface area (Å²) in [5, 5.41) is 8.42. The molecule has 0 bridgehead atoms. The summed E-state index contributed by atoms with van der Waals surface area (Å²) in [6.07, 6.45) is -9.61. The number of halogens is 7. The molecule has 4 aromatic rings. The van der Waals surface area contributed by atoms with Gasteiger partial charge in [0, 0.05) is 37.6 Å². The maximum Gasteiger partial charge on any atom is 0.408 e. The molecular formula is C33H31F7N6O3. The minimum atomic E-state index is -5.75. The van der Waals surface area contributed by atoms with Crippen molar-refractivity contribution in [2.24, 2.45) is 0 Å². The summed E-state index contributed by atoms with van der Waals surface area (Å²) in [4.78, 5) is 31.5. The van der Waals surface area contributed by atoms with Crippen LogP contribution in [0.1, 0.15) is 46.9 Å². The van der Waals surface area contributed by atoms with Crippen LogP contribution in [0.5, 0.6) is 5.88 Å². The van der Waals surface area contributed by atoms with E-state index in [0.29, 0.717) is 37.6 Å². The molecule has 260 valence electrons. The highest BCUT2D eigenvalue weighted by molar-refractivity contribution is 5.99. The zero-order valence-electron chi connectivity index (χ0n) is 26.4. The number of hydrogen-bond donors (Lipinski definition) is 2. The van der Waals surface area contributed by atoms with Gasteiger partial charge >= 0.3 is 18.4 Å². The van der Waals surface area contributed by atoms with E-state index < -0.39 is 47.0 Å². The maximum absolute atomic E-state index is 14.1. The summed E-state index contributed by atoms with van der Waals surface area (Å²) in [7, 11) is 0. The molecule has 16 heteroatoms. The van der Waals surface area contributed by atoms with Crippen LogP contribution >= 0.6 is 0 Å². The van der Waals surface area contributed by atoms with Crippen LogP contribution in [0.3, 0.4) is 0 Å². The molecule has 0 atom stereocenters. The Morgan fingerprint density at radius 3 is 2.12 bits per heavy atom. The molecule has 2 N–H and O–H groups in total. The molecule has 2 aromatic heterocycles. The number of pyridine rings is 1. The first-order chi connectivity index (χ1) is 23.0. The van der Waals surface area contributed by atoms with E-state index in [1.54, 1.807) is 36.9 Å². The number of anilines is 2. The number of aromatic nitrogens is 3. The quantitative estimate of drug-likeness (QED) is 0.193. The molecule has 49 heavy (non-hydrogen) atoms. The summed E-state index contributed by atoms with van der Waals surface area (Å²) >= 11 is 0. The van der Waals surface area contributed by atoms with Gasteiger partial charge in [-0.25, -0.2) is 18.9 Å². The number of alkyl halides is 6. The van der Waals surface area contributed by atoms with Crippen LogP contribution in [-0.4, -0.2) is 63.1 Å². The number of benzene rings is 2. The Morgan fingerprint density at radius 2 is 1.53 bits per heavy atom. The number of ether oxygens (including phenoxy) is 1. The maximum atomic E-state index is 14.1. The molecule has 2 aromatic carbocycles. The second-order valence-corrected chi connectivity index (χ2v) is 11.8. The molecule has 1 fully saturated rings. The molecule has 0 unspecified atom stereocenters. The zero-order valence-corrected chi connectivity index (χ0v) is 26.4. The molecule has 0 aliphatic carbocycles. The third kappa shape index (κ3) is 7.32. The van der Waals surface area contributed by atoms with Gasteiger partial charge in [0.1, 0.15) is 17.7 Å². The molecule has 0 spiro atoms. The summed E-state index contributed by atoms with van der Waals surface area (Å²) in [6.45, 7) is 4.07. The van der Waals surface area contributed by atoms with Crippen molar-refractivity contribution in [2.75, 3.05) is 23.7 Å². The highest BCUT2D eigenvalue weighted by Gasteiger charge is 2.70. The van der Waals surface area contributed by atoms with E-state index in [-0.39, 0.29) is 35.8 Å². The number of rotatable bonds is 7. The Labute approximate surface area is 276 Å². The lowest BCUT2D eigenvalue weighted by Gasteiger charge is -2.32. The first-order valence-corrected chi connectivity index (χ1v) is 15.0. The lowest BCUT2D eigenvalue weighted by Crippen LogP contribution is -2.51. The van der Waals surface area contributed by atoms with Crippen molar-refractivity contribution in [2.45, 2.75) is 57.5 Å². The van der Waals surface area contributed by atoms with E-state index in [9.17, 15) is 40.3 Å². The second kappa shape index (κ2) is 13.4. The number of hydrogen-bond acceptors (Lipinski definition) is 5. The molecule has 0 radical (unpaired) electrons. The number of urea groups is 1. The first kappa shape index (κ1) is 35.2. The van der Waals surface area contributed by atoms with E-state index in [1.807, 2.05) is 0 Å². The Balaban J connectivity index is 1.27. The fourth-order valence-corrected chi connectivity index (χ4v) is 5.22. The normalized spacial score (nSPS) is 14.4. The Kier molecular flexibility index (Phi) is 9.61. The monoisotopic (exact) mass is 692 g/mol. The zero-order chi connectivity index (χ0) is 35.7. The highest BCUT2D eigenvalue weighted by Crippen LogP contribution is 2.51. The Morgan fingerprint density at radius 1 is 0.898 bits per heavy atom.